The van der Waals surface area contributed by atoms with Crippen molar-refractivity contribution < 1.29 is 9.90 Å². The summed E-state index contributed by atoms with van der Waals surface area (Å²) in [4.78, 5) is 11.2. The summed E-state index contributed by atoms with van der Waals surface area (Å²) in [5.74, 6) is -0.819. The van der Waals surface area contributed by atoms with Crippen molar-refractivity contribution in [2.24, 2.45) is 17.8 Å². The largest absolute Gasteiger partial charge is 0.481 e. The lowest BCUT2D eigenvalue weighted by Crippen LogP contribution is -2.27. The Morgan fingerprint density at radius 3 is 2.13 bits per heavy atom. The summed E-state index contributed by atoms with van der Waals surface area (Å²) in [5, 5.41) is 9.23. The normalized spacial score (nSPS) is 18.1. The maximum atomic E-state index is 11.2. The summed E-state index contributed by atoms with van der Waals surface area (Å²) in [6.07, 6.45) is 8.68. The Labute approximate surface area is 92.7 Å². The number of allylic oxidation sites excluding steroid dienone is 4. The number of carboxylic acids is 1. The second kappa shape index (κ2) is 7.27. The van der Waals surface area contributed by atoms with Crippen LogP contribution in [-0.4, -0.2) is 11.1 Å². The summed E-state index contributed by atoms with van der Waals surface area (Å²) >= 11 is 0. The number of aliphatic carboxylic acids is 1. The van der Waals surface area contributed by atoms with Crippen molar-refractivity contribution in [2.75, 3.05) is 0 Å². The predicted octanol–water partition coefficient (Wildman–Crippen LogP) is 3.50. The van der Waals surface area contributed by atoms with Gasteiger partial charge in [-0.3, -0.25) is 4.79 Å². The highest BCUT2D eigenvalue weighted by atomic mass is 16.4. The molecule has 0 unspecified atom stereocenters. The van der Waals surface area contributed by atoms with Crippen molar-refractivity contribution in [1.29, 1.82) is 0 Å². The maximum absolute atomic E-state index is 11.2. The molecule has 0 aromatic rings. The minimum Gasteiger partial charge on any atom is -0.481 e. The zero-order chi connectivity index (χ0) is 11.8. The second-order valence-corrected chi connectivity index (χ2v) is 3.85. The lowest BCUT2D eigenvalue weighted by Gasteiger charge is -2.23. The van der Waals surface area contributed by atoms with E-state index in [-0.39, 0.29) is 17.8 Å². The zero-order valence-electron chi connectivity index (χ0n) is 10.1. The van der Waals surface area contributed by atoms with E-state index in [0.29, 0.717) is 0 Å². The fourth-order valence-electron chi connectivity index (χ4n) is 1.98. The Bertz CT molecular complexity index is 241. The molecule has 0 aromatic heterocycles. The Morgan fingerprint density at radius 1 is 1.27 bits per heavy atom. The Morgan fingerprint density at radius 2 is 1.80 bits per heavy atom. The minimum absolute atomic E-state index is 0.0775. The molecule has 0 aliphatic rings. The van der Waals surface area contributed by atoms with Gasteiger partial charge >= 0.3 is 5.97 Å². The van der Waals surface area contributed by atoms with Crippen LogP contribution in [0.25, 0.3) is 0 Å². The molecule has 0 saturated carbocycles. The van der Waals surface area contributed by atoms with E-state index in [1.165, 1.54) is 0 Å². The highest BCUT2D eigenvalue weighted by molar-refractivity contribution is 5.71. The molecule has 0 aromatic carbocycles. The van der Waals surface area contributed by atoms with Crippen molar-refractivity contribution in [3.63, 3.8) is 0 Å². The van der Waals surface area contributed by atoms with Gasteiger partial charge in [0.15, 0.2) is 0 Å². The molecule has 2 heteroatoms. The molecule has 86 valence electrons. The molecular formula is C13H22O2. The van der Waals surface area contributed by atoms with Crippen LogP contribution in [0, 0.1) is 17.8 Å². The van der Waals surface area contributed by atoms with Gasteiger partial charge in [-0.1, -0.05) is 38.2 Å². The van der Waals surface area contributed by atoms with Crippen LogP contribution >= 0.6 is 0 Å². The van der Waals surface area contributed by atoms with Crippen LogP contribution < -0.4 is 0 Å². The predicted molar refractivity (Wildman–Crippen MR) is 63.7 cm³/mol. The highest BCUT2D eigenvalue weighted by Crippen LogP contribution is 2.26. The molecule has 3 atom stereocenters. The van der Waals surface area contributed by atoms with E-state index in [1.807, 2.05) is 52.0 Å². The van der Waals surface area contributed by atoms with E-state index in [0.717, 1.165) is 6.42 Å². The summed E-state index contributed by atoms with van der Waals surface area (Å²) in [5.41, 5.74) is 0. The molecule has 2 nitrogen and oxygen atoms in total. The van der Waals surface area contributed by atoms with Gasteiger partial charge in [0.2, 0.25) is 0 Å². The first-order chi connectivity index (χ1) is 7.08. The van der Waals surface area contributed by atoms with E-state index in [9.17, 15) is 9.90 Å². The van der Waals surface area contributed by atoms with Gasteiger partial charge in [-0.15, -0.1) is 0 Å². The van der Waals surface area contributed by atoms with Gasteiger partial charge in [0.25, 0.3) is 0 Å². The zero-order valence-corrected chi connectivity index (χ0v) is 10.1. The third-order valence-electron chi connectivity index (χ3n) is 2.72. The van der Waals surface area contributed by atoms with Gasteiger partial charge < -0.3 is 5.11 Å². The first kappa shape index (κ1) is 13.9. The lowest BCUT2D eigenvalue weighted by molar-refractivity contribution is -0.144. The molecule has 0 amide bonds. The monoisotopic (exact) mass is 210 g/mol. The van der Waals surface area contributed by atoms with Crippen LogP contribution in [0.2, 0.25) is 0 Å². The minimum atomic E-state index is -0.703. The van der Waals surface area contributed by atoms with E-state index in [4.69, 9.17) is 0 Å². The van der Waals surface area contributed by atoms with E-state index >= 15 is 0 Å². The first-order valence-electron chi connectivity index (χ1n) is 5.56. The molecule has 0 fully saturated rings. The molecule has 0 heterocycles. The summed E-state index contributed by atoms with van der Waals surface area (Å²) in [6, 6.07) is 0. The van der Waals surface area contributed by atoms with E-state index in [1.54, 1.807) is 0 Å². The number of carboxylic acid groups (broad SMARTS) is 1. The standard InChI is InChI=1S/C13H22O2/c1-5-8-10(4)12(13(14)15)11(7-3)9-6-2/h5-6,8-12H,7H2,1-4H3,(H,14,15)/b8-5+,9-6+/t10-,11-,12-/m1/s1. The molecule has 1 N–H and O–H groups in total. The van der Waals surface area contributed by atoms with Crippen molar-refractivity contribution in [3.05, 3.63) is 24.3 Å². The Kier molecular flexibility index (Phi) is 6.76. The van der Waals surface area contributed by atoms with Gasteiger partial charge in [0.05, 0.1) is 5.92 Å². The fourth-order valence-corrected chi connectivity index (χ4v) is 1.98. The van der Waals surface area contributed by atoms with Gasteiger partial charge in [0.1, 0.15) is 0 Å². The van der Waals surface area contributed by atoms with Crippen molar-refractivity contribution >= 4 is 5.97 Å². The third-order valence-corrected chi connectivity index (χ3v) is 2.72. The average molecular weight is 210 g/mol. The van der Waals surface area contributed by atoms with Gasteiger partial charge in [-0.2, -0.15) is 0 Å². The van der Waals surface area contributed by atoms with Crippen LogP contribution in [-0.2, 0) is 4.79 Å². The van der Waals surface area contributed by atoms with Crippen LogP contribution in [0.5, 0.6) is 0 Å². The summed E-state index contributed by atoms with van der Waals surface area (Å²) in [7, 11) is 0. The quantitative estimate of drug-likeness (QED) is 0.681. The Hall–Kier alpha value is -1.05. The van der Waals surface area contributed by atoms with Gasteiger partial charge in [-0.05, 0) is 32.1 Å². The third kappa shape index (κ3) is 4.32. The van der Waals surface area contributed by atoms with Crippen molar-refractivity contribution in [3.8, 4) is 0 Å². The van der Waals surface area contributed by atoms with Gasteiger partial charge in [0, 0.05) is 0 Å². The number of hydrogen-bond donors (Lipinski definition) is 1. The van der Waals surface area contributed by atoms with E-state index < -0.39 is 5.97 Å². The summed E-state index contributed by atoms with van der Waals surface area (Å²) in [6.45, 7) is 7.85. The van der Waals surface area contributed by atoms with Crippen LogP contribution in [0.4, 0.5) is 0 Å². The molecule has 0 radical (unpaired) electrons. The van der Waals surface area contributed by atoms with Crippen LogP contribution in [0.3, 0.4) is 0 Å². The SMILES string of the molecule is C/C=C/[C@@H](C)[C@@H](C(=O)O)[C@@H](/C=C/C)CC. The number of hydrogen-bond acceptors (Lipinski definition) is 1. The molecule has 0 spiro atoms. The van der Waals surface area contributed by atoms with Gasteiger partial charge in [-0.25, -0.2) is 0 Å². The lowest BCUT2D eigenvalue weighted by atomic mass is 9.80. The smallest absolute Gasteiger partial charge is 0.307 e. The Balaban J connectivity index is 4.84. The van der Waals surface area contributed by atoms with Crippen LogP contribution in [0.15, 0.2) is 24.3 Å². The second-order valence-electron chi connectivity index (χ2n) is 3.85. The topological polar surface area (TPSA) is 37.3 Å². The highest BCUT2D eigenvalue weighted by Gasteiger charge is 2.28. The molecule has 0 aliphatic carbocycles. The average Bonchev–Trinajstić information content (AvgIpc) is 2.16. The molecule has 0 aliphatic heterocycles. The number of carbonyl (C=O) groups is 1. The van der Waals surface area contributed by atoms with Crippen molar-refractivity contribution in [1.82, 2.24) is 0 Å². The molecule has 15 heavy (non-hydrogen) atoms. The molecule has 0 bridgehead atoms. The molecule has 0 saturated heterocycles. The summed E-state index contributed by atoms with van der Waals surface area (Å²) < 4.78 is 0. The fraction of sp³-hybridized carbons (Fsp3) is 0.615. The van der Waals surface area contributed by atoms with Crippen molar-refractivity contribution in [2.45, 2.75) is 34.1 Å². The van der Waals surface area contributed by atoms with E-state index in [2.05, 4.69) is 0 Å². The molecule has 0 rings (SSSR count). The van der Waals surface area contributed by atoms with Crippen LogP contribution in [0.1, 0.15) is 34.1 Å². The molecular weight excluding hydrogens is 188 g/mol. The number of rotatable bonds is 6. The maximum Gasteiger partial charge on any atom is 0.307 e. The first-order valence-corrected chi connectivity index (χ1v) is 5.56.